The molecule has 0 radical (unpaired) electrons. The van der Waals surface area contributed by atoms with E-state index in [1.807, 2.05) is 16.4 Å². The van der Waals surface area contributed by atoms with Gasteiger partial charge in [0.15, 0.2) is 0 Å². The summed E-state index contributed by atoms with van der Waals surface area (Å²) >= 11 is 0. The monoisotopic (exact) mass is 224 g/mol. The van der Waals surface area contributed by atoms with Crippen LogP contribution in [0, 0.1) is 0 Å². The van der Waals surface area contributed by atoms with Crippen LogP contribution >= 0.6 is 27.9 Å². The normalized spacial score (nSPS) is 10.2. The maximum Gasteiger partial charge on any atom is 2.00 e. The Labute approximate surface area is 93.8 Å². The summed E-state index contributed by atoms with van der Waals surface area (Å²) in [5.41, 5.74) is 0. The van der Waals surface area contributed by atoms with Crippen LogP contribution in [0.3, 0.4) is 0 Å². The second-order valence-corrected chi connectivity index (χ2v) is 5.46. The molecule has 0 saturated carbocycles. The van der Waals surface area contributed by atoms with Gasteiger partial charge in [0.05, 0.1) is 15.9 Å². The summed E-state index contributed by atoms with van der Waals surface area (Å²) in [6.07, 6.45) is 1.34. The first-order valence-corrected chi connectivity index (χ1v) is 4.62. The third-order valence-electron chi connectivity index (χ3n) is 1.26. The zero-order valence-corrected chi connectivity index (χ0v) is 11.5. The van der Waals surface area contributed by atoms with Gasteiger partial charge >= 0.3 is 29.0 Å². The fraction of sp³-hybridized carbons (Fsp3) is 0.800. The van der Waals surface area contributed by atoms with Crippen molar-refractivity contribution in [2.45, 2.75) is 24.7 Å². The molecule has 0 spiro atoms. The fourth-order valence-electron chi connectivity index (χ4n) is 0.435. The third kappa shape index (κ3) is 7.87. The minimum atomic E-state index is -0.197. The van der Waals surface area contributed by atoms with E-state index in [4.69, 9.17) is 0 Å². The van der Waals surface area contributed by atoms with Crippen molar-refractivity contribution in [2.75, 3.05) is 0 Å². The van der Waals surface area contributed by atoms with E-state index in [9.17, 15) is 4.79 Å². The van der Waals surface area contributed by atoms with E-state index in [-0.39, 0.29) is 36.8 Å². The Morgan fingerprint density at radius 2 is 2.09 bits per heavy atom. The van der Waals surface area contributed by atoms with Crippen LogP contribution in [0.15, 0.2) is 0 Å². The average molecular weight is 224 g/mol. The van der Waals surface area contributed by atoms with Crippen LogP contribution in [0.1, 0.15) is 22.6 Å². The number of hydrogen-bond acceptors (Lipinski definition) is 2. The first-order valence-electron chi connectivity index (χ1n) is 2.99. The predicted octanol–water partition coefficient (Wildman–Crippen LogP) is 1.41. The summed E-state index contributed by atoms with van der Waals surface area (Å²) < 4.78 is 4.44. The van der Waals surface area contributed by atoms with Crippen molar-refractivity contribution >= 4 is 57.0 Å². The smallest absolute Gasteiger partial charge is 1.00 e. The molecular weight excluding hydrogens is 209 g/mol. The molecule has 11 heavy (non-hydrogen) atoms. The van der Waals surface area contributed by atoms with Crippen LogP contribution < -0.4 is 0 Å². The minimum Gasteiger partial charge on any atom is -1.00 e. The average Bonchev–Trinajstić information content (AvgIpc) is 1.87. The molecule has 3 unspecified atom stereocenters. The van der Waals surface area contributed by atoms with Crippen LogP contribution in [0.2, 0.25) is 0 Å². The molecule has 0 aliphatic carbocycles. The van der Waals surface area contributed by atoms with Crippen LogP contribution in [0.25, 0.3) is 0 Å². The molecule has 0 heterocycles. The van der Waals surface area contributed by atoms with Gasteiger partial charge in [-0.3, -0.25) is 4.79 Å². The Morgan fingerprint density at radius 1 is 1.64 bits per heavy atom. The molecule has 0 fully saturated rings. The Morgan fingerprint density at radius 3 is 2.36 bits per heavy atom. The van der Waals surface area contributed by atoms with Crippen molar-refractivity contribution in [1.82, 2.24) is 0 Å². The van der Waals surface area contributed by atoms with Crippen LogP contribution in [0.5, 0.6) is 0 Å². The van der Waals surface area contributed by atoms with E-state index in [2.05, 4.69) is 23.0 Å². The second-order valence-electron chi connectivity index (χ2n) is 2.25. The van der Waals surface area contributed by atoms with E-state index < -0.39 is 0 Å². The Hall–Kier alpha value is 1.53. The van der Waals surface area contributed by atoms with Gasteiger partial charge < -0.3 is 7.38 Å². The largest absolute Gasteiger partial charge is 2.00 e. The summed E-state index contributed by atoms with van der Waals surface area (Å²) in [6, 6.07) is 0. The Kier molecular flexibility index (Phi) is 9.53. The van der Waals surface area contributed by atoms with Crippen molar-refractivity contribution in [3.05, 3.63) is 0 Å². The van der Waals surface area contributed by atoms with Gasteiger partial charge in [-0.15, -0.1) is 18.5 Å². The van der Waals surface area contributed by atoms with Crippen LogP contribution in [-0.2, 0) is 9.32 Å². The quantitative estimate of drug-likeness (QED) is 0.535. The molecule has 0 aromatic rings. The van der Waals surface area contributed by atoms with Crippen molar-refractivity contribution in [3.8, 4) is 0 Å². The molecule has 6 heteroatoms. The molecule has 0 rings (SSSR count). The summed E-state index contributed by atoms with van der Waals surface area (Å²) in [5.74, 6) is -0.197. The first-order chi connectivity index (χ1) is 4.52. The number of carbonyl (C=O) groups excluding carboxylic acids is 1. The number of hydrogen-bond donors (Lipinski definition) is 0. The SMILES string of the molecule is CCC(P)(P)CC(=O)OP.[H-].[H-].[Mg+2]. The minimum absolute atomic E-state index is 0. The van der Waals surface area contributed by atoms with Gasteiger partial charge in [0.2, 0.25) is 0 Å². The fourth-order valence-corrected chi connectivity index (χ4v) is 0.852. The van der Waals surface area contributed by atoms with Gasteiger partial charge in [0, 0.05) is 4.90 Å². The second kappa shape index (κ2) is 6.98. The van der Waals surface area contributed by atoms with Gasteiger partial charge in [0.25, 0.3) is 0 Å². The van der Waals surface area contributed by atoms with Gasteiger partial charge in [-0.2, -0.15) is 0 Å². The Bertz CT molecular complexity index is 137. The predicted molar refractivity (Wildman–Crippen MR) is 60.8 cm³/mol. The molecule has 0 N–H and O–H groups in total. The van der Waals surface area contributed by atoms with E-state index >= 15 is 0 Å². The molecule has 2 nitrogen and oxygen atoms in total. The molecule has 0 aliphatic heterocycles. The van der Waals surface area contributed by atoms with E-state index in [0.29, 0.717) is 6.42 Å². The third-order valence-corrected chi connectivity index (χ3v) is 2.75. The van der Waals surface area contributed by atoms with E-state index in [1.54, 1.807) is 0 Å². The van der Waals surface area contributed by atoms with Crippen LogP contribution in [0.4, 0.5) is 0 Å². The molecule has 0 bridgehead atoms. The zero-order valence-electron chi connectivity index (χ0n) is 8.67. The van der Waals surface area contributed by atoms with Crippen molar-refractivity contribution in [2.24, 2.45) is 0 Å². The molecular formula is C5H15MgO2P3. The van der Waals surface area contributed by atoms with Crippen LogP contribution in [-0.4, -0.2) is 33.9 Å². The summed E-state index contributed by atoms with van der Waals surface area (Å²) in [6.45, 7) is 2.02. The van der Waals surface area contributed by atoms with Crippen molar-refractivity contribution < 1.29 is 12.2 Å². The summed E-state index contributed by atoms with van der Waals surface area (Å²) in [7, 11) is 7.19. The molecule has 0 saturated heterocycles. The summed E-state index contributed by atoms with van der Waals surface area (Å²) in [5, 5.41) is 0. The van der Waals surface area contributed by atoms with Crippen molar-refractivity contribution in [3.63, 3.8) is 0 Å². The van der Waals surface area contributed by atoms with Crippen molar-refractivity contribution in [1.29, 1.82) is 0 Å². The molecule has 0 aliphatic rings. The van der Waals surface area contributed by atoms with Gasteiger partial charge in [-0.05, 0) is 6.42 Å². The van der Waals surface area contributed by atoms with Gasteiger partial charge in [0.1, 0.15) is 0 Å². The topological polar surface area (TPSA) is 26.3 Å². The van der Waals surface area contributed by atoms with E-state index in [1.165, 1.54) is 0 Å². The van der Waals surface area contributed by atoms with E-state index in [0.717, 1.165) is 6.42 Å². The number of carbonyl (C=O) groups is 1. The molecule has 3 atom stereocenters. The first kappa shape index (κ1) is 15.0. The molecule has 0 aromatic heterocycles. The zero-order chi connectivity index (χ0) is 8.20. The summed E-state index contributed by atoms with van der Waals surface area (Å²) in [4.78, 5) is 10.6. The number of rotatable bonds is 3. The Balaban J connectivity index is -0.000000135. The van der Waals surface area contributed by atoms with Gasteiger partial charge in [-0.25, -0.2) is 0 Å². The molecule has 64 valence electrons. The van der Waals surface area contributed by atoms with Gasteiger partial charge in [-0.1, -0.05) is 6.92 Å². The molecule has 0 aromatic carbocycles. The maximum atomic E-state index is 10.7. The standard InChI is InChI=1S/C5H13O2P3.Mg.2H/c1-2-5(8,9)3-4(6)7-10;;;/h2-3,8-10H2,1H3;;;/q;+2;2*-1. The maximum absolute atomic E-state index is 10.7. The molecule has 0 amide bonds.